The lowest BCUT2D eigenvalue weighted by Gasteiger charge is -2.34. The Morgan fingerprint density at radius 3 is 2.33 bits per heavy atom. The highest BCUT2D eigenvalue weighted by Gasteiger charge is 2.22. The molecule has 1 aromatic heterocycles. The summed E-state index contributed by atoms with van der Waals surface area (Å²) in [6.45, 7) is 3.38. The highest BCUT2D eigenvalue weighted by molar-refractivity contribution is 5.92. The number of aromatic nitrogens is 1. The zero-order valence-electron chi connectivity index (χ0n) is 11.6. The van der Waals surface area contributed by atoms with Crippen LogP contribution < -0.4 is 5.32 Å². The number of carbonyl (C=O) groups is 3. The SMILES string of the molecule is CC(=O)N1CCN(C(=O)Nc2cncc(C(=O)O)c2)CC1. The van der Waals surface area contributed by atoms with E-state index in [4.69, 9.17) is 5.11 Å². The molecule has 112 valence electrons. The summed E-state index contributed by atoms with van der Waals surface area (Å²) >= 11 is 0. The Morgan fingerprint density at radius 2 is 1.76 bits per heavy atom. The Balaban J connectivity index is 1.95. The molecule has 2 heterocycles. The number of hydrogen-bond acceptors (Lipinski definition) is 4. The van der Waals surface area contributed by atoms with E-state index in [0.717, 1.165) is 0 Å². The fraction of sp³-hybridized carbons (Fsp3) is 0.385. The van der Waals surface area contributed by atoms with E-state index in [1.54, 1.807) is 9.80 Å². The molecule has 8 nitrogen and oxygen atoms in total. The van der Waals surface area contributed by atoms with Crippen LogP contribution in [-0.2, 0) is 4.79 Å². The van der Waals surface area contributed by atoms with Crippen LogP contribution in [0.4, 0.5) is 10.5 Å². The Morgan fingerprint density at radius 1 is 1.14 bits per heavy atom. The number of nitrogens with one attached hydrogen (secondary N) is 1. The van der Waals surface area contributed by atoms with Crippen molar-refractivity contribution in [2.45, 2.75) is 6.92 Å². The zero-order chi connectivity index (χ0) is 15.4. The molecule has 2 rings (SSSR count). The van der Waals surface area contributed by atoms with E-state index in [1.807, 2.05) is 0 Å². The maximum Gasteiger partial charge on any atom is 0.337 e. The van der Waals surface area contributed by atoms with E-state index in [9.17, 15) is 14.4 Å². The second kappa shape index (κ2) is 6.21. The number of piperazine rings is 1. The second-order valence-electron chi connectivity index (χ2n) is 4.69. The molecule has 0 aliphatic carbocycles. The largest absolute Gasteiger partial charge is 0.478 e. The molecule has 0 atom stereocenters. The minimum absolute atomic E-state index is 0.00609. The van der Waals surface area contributed by atoms with Crippen LogP contribution in [-0.4, -0.2) is 64.0 Å². The van der Waals surface area contributed by atoms with Gasteiger partial charge in [-0.05, 0) is 6.07 Å². The lowest BCUT2D eigenvalue weighted by atomic mass is 10.2. The van der Waals surface area contributed by atoms with Gasteiger partial charge < -0.3 is 20.2 Å². The molecule has 0 spiro atoms. The van der Waals surface area contributed by atoms with E-state index < -0.39 is 5.97 Å². The molecule has 0 aromatic carbocycles. The number of carbonyl (C=O) groups excluding carboxylic acids is 2. The molecule has 3 amide bonds. The standard InChI is InChI=1S/C13H16N4O4/c1-9(18)16-2-4-17(5-3-16)13(21)15-11-6-10(12(19)20)7-14-8-11/h6-8H,2-5H2,1H3,(H,15,21)(H,19,20). The Labute approximate surface area is 121 Å². The van der Waals surface area contributed by atoms with Crippen LogP contribution in [0.2, 0.25) is 0 Å². The number of rotatable bonds is 2. The van der Waals surface area contributed by atoms with Crippen LogP contribution >= 0.6 is 0 Å². The van der Waals surface area contributed by atoms with Crippen molar-refractivity contribution in [3.8, 4) is 0 Å². The maximum atomic E-state index is 12.1. The van der Waals surface area contributed by atoms with Gasteiger partial charge in [0.2, 0.25) is 5.91 Å². The molecule has 1 aliphatic heterocycles. The molecule has 0 saturated carbocycles. The molecule has 0 unspecified atom stereocenters. The minimum Gasteiger partial charge on any atom is -0.478 e. The first-order valence-electron chi connectivity index (χ1n) is 6.47. The fourth-order valence-electron chi connectivity index (χ4n) is 2.05. The maximum absolute atomic E-state index is 12.1. The number of carboxylic acid groups (broad SMARTS) is 1. The second-order valence-corrected chi connectivity index (χ2v) is 4.69. The van der Waals surface area contributed by atoms with Crippen LogP contribution in [0, 0.1) is 0 Å². The minimum atomic E-state index is -1.10. The molecule has 8 heteroatoms. The van der Waals surface area contributed by atoms with Gasteiger partial charge in [0, 0.05) is 39.3 Å². The molecule has 1 aliphatic rings. The zero-order valence-corrected chi connectivity index (χ0v) is 11.6. The third-order valence-electron chi connectivity index (χ3n) is 3.25. The summed E-state index contributed by atoms with van der Waals surface area (Å²) < 4.78 is 0. The first-order chi connectivity index (χ1) is 9.97. The first-order valence-corrected chi connectivity index (χ1v) is 6.47. The summed E-state index contributed by atoms with van der Waals surface area (Å²) in [5, 5.41) is 11.5. The van der Waals surface area contributed by atoms with Gasteiger partial charge in [0.05, 0.1) is 17.4 Å². The van der Waals surface area contributed by atoms with Gasteiger partial charge in [-0.15, -0.1) is 0 Å². The average Bonchev–Trinajstić information content (AvgIpc) is 2.47. The van der Waals surface area contributed by atoms with Crippen LogP contribution in [0.1, 0.15) is 17.3 Å². The number of pyridine rings is 1. The van der Waals surface area contributed by atoms with Gasteiger partial charge in [0.1, 0.15) is 0 Å². The number of urea groups is 1. The van der Waals surface area contributed by atoms with Crippen molar-refractivity contribution in [1.82, 2.24) is 14.8 Å². The van der Waals surface area contributed by atoms with Crippen molar-refractivity contribution in [2.24, 2.45) is 0 Å². The van der Waals surface area contributed by atoms with Gasteiger partial charge in [0.25, 0.3) is 0 Å². The Hall–Kier alpha value is -2.64. The molecule has 2 N–H and O–H groups in total. The van der Waals surface area contributed by atoms with Crippen LogP contribution in [0.5, 0.6) is 0 Å². The molecular weight excluding hydrogens is 276 g/mol. The third-order valence-corrected chi connectivity index (χ3v) is 3.25. The summed E-state index contributed by atoms with van der Waals surface area (Å²) in [6, 6.07) is 1.02. The third kappa shape index (κ3) is 3.68. The highest BCUT2D eigenvalue weighted by Crippen LogP contribution is 2.10. The number of anilines is 1. The van der Waals surface area contributed by atoms with Gasteiger partial charge >= 0.3 is 12.0 Å². The number of hydrogen-bond donors (Lipinski definition) is 2. The fourth-order valence-corrected chi connectivity index (χ4v) is 2.05. The van der Waals surface area contributed by atoms with E-state index in [-0.39, 0.29) is 17.5 Å². The van der Waals surface area contributed by atoms with Crippen molar-refractivity contribution in [3.05, 3.63) is 24.0 Å². The predicted molar refractivity (Wildman–Crippen MR) is 74.0 cm³/mol. The molecule has 21 heavy (non-hydrogen) atoms. The Bertz CT molecular complexity index is 567. The van der Waals surface area contributed by atoms with Crippen molar-refractivity contribution < 1.29 is 19.5 Å². The van der Waals surface area contributed by atoms with E-state index in [0.29, 0.717) is 31.9 Å². The normalized spacial score (nSPS) is 14.7. The molecule has 1 aromatic rings. The summed E-state index contributed by atoms with van der Waals surface area (Å²) in [7, 11) is 0. The quantitative estimate of drug-likeness (QED) is 0.825. The monoisotopic (exact) mass is 292 g/mol. The average molecular weight is 292 g/mol. The predicted octanol–water partition coefficient (Wildman–Crippen LogP) is 0.476. The van der Waals surface area contributed by atoms with Gasteiger partial charge in [-0.1, -0.05) is 0 Å². The summed E-state index contributed by atoms with van der Waals surface area (Å²) in [4.78, 5) is 41.1. The van der Waals surface area contributed by atoms with Crippen molar-refractivity contribution in [1.29, 1.82) is 0 Å². The molecule has 1 saturated heterocycles. The lowest BCUT2D eigenvalue weighted by molar-refractivity contribution is -0.130. The lowest BCUT2D eigenvalue weighted by Crippen LogP contribution is -2.51. The summed E-state index contributed by atoms with van der Waals surface area (Å²) in [5.41, 5.74) is 0.336. The van der Waals surface area contributed by atoms with E-state index in [1.165, 1.54) is 25.4 Å². The highest BCUT2D eigenvalue weighted by atomic mass is 16.4. The smallest absolute Gasteiger partial charge is 0.337 e. The number of aromatic carboxylic acids is 1. The van der Waals surface area contributed by atoms with E-state index >= 15 is 0 Å². The van der Waals surface area contributed by atoms with Gasteiger partial charge in [-0.3, -0.25) is 9.78 Å². The molecular formula is C13H16N4O4. The van der Waals surface area contributed by atoms with Crippen molar-refractivity contribution in [3.63, 3.8) is 0 Å². The van der Waals surface area contributed by atoms with E-state index in [2.05, 4.69) is 10.3 Å². The topological polar surface area (TPSA) is 103 Å². The van der Waals surface area contributed by atoms with Gasteiger partial charge in [0.15, 0.2) is 0 Å². The Kier molecular flexibility index (Phi) is 4.36. The number of nitrogens with zero attached hydrogens (tertiary/aromatic N) is 3. The summed E-state index contributed by atoms with van der Waals surface area (Å²) in [6.07, 6.45) is 2.60. The number of carboxylic acids is 1. The van der Waals surface area contributed by atoms with Crippen molar-refractivity contribution in [2.75, 3.05) is 31.5 Å². The van der Waals surface area contributed by atoms with Gasteiger partial charge in [-0.25, -0.2) is 9.59 Å². The molecule has 1 fully saturated rings. The van der Waals surface area contributed by atoms with Crippen LogP contribution in [0.25, 0.3) is 0 Å². The number of amides is 3. The van der Waals surface area contributed by atoms with Crippen LogP contribution in [0.15, 0.2) is 18.5 Å². The van der Waals surface area contributed by atoms with Crippen molar-refractivity contribution >= 4 is 23.6 Å². The summed E-state index contributed by atoms with van der Waals surface area (Å²) in [5.74, 6) is -1.11. The first kappa shape index (κ1) is 14.8. The van der Waals surface area contributed by atoms with Gasteiger partial charge in [-0.2, -0.15) is 0 Å². The van der Waals surface area contributed by atoms with Crippen LogP contribution in [0.3, 0.4) is 0 Å². The molecule has 0 radical (unpaired) electrons. The molecule has 0 bridgehead atoms.